The summed E-state index contributed by atoms with van der Waals surface area (Å²) in [6.07, 6.45) is 3.27. The predicted octanol–water partition coefficient (Wildman–Crippen LogP) is 4.36. The first-order chi connectivity index (χ1) is 13.2. The van der Waals surface area contributed by atoms with E-state index in [1.165, 1.54) is 29.2 Å². The Kier molecular flexibility index (Phi) is 6.43. The molecule has 0 radical (unpaired) electrons. The Hall–Kier alpha value is -1.89. The molecule has 1 heterocycles. The van der Waals surface area contributed by atoms with Gasteiger partial charge in [0.1, 0.15) is 5.82 Å². The number of sulfone groups is 1. The average molecular weight is 442 g/mol. The zero-order chi connectivity index (χ0) is 20.3. The van der Waals surface area contributed by atoms with Gasteiger partial charge in [0.05, 0.1) is 18.1 Å². The van der Waals surface area contributed by atoms with E-state index in [1.807, 2.05) is 0 Å². The van der Waals surface area contributed by atoms with Crippen LogP contribution in [0.2, 0.25) is 10.0 Å². The molecule has 0 aromatic heterocycles. The van der Waals surface area contributed by atoms with E-state index in [-0.39, 0.29) is 28.6 Å². The number of amides is 1. The van der Waals surface area contributed by atoms with Crippen molar-refractivity contribution in [3.63, 3.8) is 0 Å². The molecule has 1 amide bonds. The number of rotatable bonds is 5. The Morgan fingerprint density at radius 2 is 1.89 bits per heavy atom. The van der Waals surface area contributed by atoms with Crippen molar-refractivity contribution in [2.45, 2.75) is 19.0 Å². The number of halogens is 3. The number of carbonyl (C=O) groups is 1. The van der Waals surface area contributed by atoms with Crippen LogP contribution in [-0.4, -0.2) is 36.8 Å². The Bertz CT molecular complexity index is 986. The summed E-state index contributed by atoms with van der Waals surface area (Å²) in [7, 11) is -3.22. The van der Waals surface area contributed by atoms with Gasteiger partial charge in [-0.2, -0.15) is 0 Å². The standard InChI is InChI=1S/C20H18Cl2FNO3S/c21-15-7-4-14(5-8-15)6-9-20(25)24(16-10-11-28(26,27)13-16)12-17-18(22)2-1-3-19(17)23/h1-9,16H,10-13H2/b9-6+. The third kappa shape index (κ3) is 5.13. The summed E-state index contributed by atoms with van der Waals surface area (Å²) in [4.78, 5) is 14.2. The Labute approximate surface area is 173 Å². The Morgan fingerprint density at radius 1 is 1.18 bits per heavy atom. The van der Waals surface area contributed by atoms with Gasteiger partial charge < -0.3 is 4.90 Å². The number of nitrogens with zero attached hydrogens (tertiary/aromatic N) is 1. The molecule has 0 saturated carbocycles. The van der Waals surface area contributed by atoms with E-state index in [0.717, 1.165) is 5.56 Å². The van der Waals surface area contributed by atoms with Gasteiger partial charge in [-0.15, -0.1) is 0 Å². The number of carbonyl (C=O) groups excluding carboxylic acids is 1. The summed E-state index contributed by atoms with van der Waals surface area (Å²) in [5.74, 6) is -1.07. The van der Waals surface area contributed by atoms with Crippen LogP contribution in [0.3, 0.4) is 0 Å². The van der Waals surface area contributed by atoms with Crippen molar-refractivity contribution in [1.29, 1.82) is 0 Å². The second-order valence-electron chi connectivity index (χ2n) is 6.61. The highest BCUT2D eigenvalue weighted by Gasteiger charge is 2.34. The number of hydrogen-bond donors (Lipinski definition) is 0. The molecule has 1 fully saturated rings. The van der Waals surface area contributed by atoms with Gasteiger partial charge in [0, 0.05) is 27.7 Å². The van der Waals surface area contributed by atoms with Crippen molar-refractivity contribution in [2.75, 3.05) is 11.5 Å². The minimum absolute atomic E-state index is 0.00729. The van der Waals surface area contributed by atoms with Gasteiger partial charge >= 0.3 is 0 Å². The molecule has 3 rings (SSSR count). The molecule has 1 aliphatic rings. The monoisotopic (exact) mass is 441 g/mol. The average Bonchev–Trinajstić information content (AvgIpc) is 3.00. The maximum atomic E-state index is 14.2. The van der Waals surface area contributed by atoms with Crippen molar-refractivity contribution in [2.24, 2.45) is 0 Å². The molecule has 8 heteroatoms. The third-order valence-electron chi connectivity index (χ3n) is 4.61. The van der Waals surface area contributed by atoms with E-state index in [1.54, 1.807) is 30.3 Å². The number of benzene rings is 2. The SMILES string of the molecule is O=C(/C=C/c1ccc(Cl)cc1)N(Cc1c(F)cccc1Cl)C1CCS(=O)(=O)C1. The molecule has 0 N–H and O–H groups in total. The van der Waals surface area contributed by atoms with E-state index in [2.05, 4.69) is 0 Å². The summed E-state index contributed by atoms with van der Waals surface area (Å²) >= 11 is 12.0. The molecular weight excluding hydrogens is 424 g/mol. The van der Waals surface area contributed by atoms with Crippen LogP contribution >= 0.6 is 23.2 Å². The number of hydrogen-bond acceptors (Lipinski definition) is 3. The lowest BCUT2D eigenvalue weighted by Crippen LogP contribution is -2.40. The van der Waals surface area contributed by atoms with Crippen LogP contribution in [-0.2, 0) is 21.2 Å². The van der Waals surface area contributed by atoms with Crippen molar-refractivity contribution >= 4 is 45.0 Å². The fourth-order valence-electron chi connectivity index (χ4n) is 3.10. The molecule has 0 spiro atoms. The first-order valence-electron chi connectivity index (χ1n) is 8.63. The maximum Gasteiger partial charge on any atom is 0.247 e. The van der Waals surface area contributed by atoms with Gasteiger partial charge in [-0.1, -0.05) is 41.4 Å². The second kappa shape index (κ2) is 8.64. The first-order valence-corrected chi connectivity index (χ1v) is 11.2. The lowest BCUT2D eigenvalue weighted by molar-refractivity contribution is -0.128. The molecule has 0 bridgehead atoms. The zero-order valence-electron chi connectivity index (χ0n) is 14.8. The topological polar surface area (TPSA) is 54.5 Å². The zero-order valence-corrected chi connectivity index (χ0v) is 17.1. The van der Waals surface area contributed by atoms with Crippen LogP contribution in [0.25, 0.3) is 6.08 Å². The van der Waals surface area contributed by atoms with E-state index < -0.39 is 27.6 Å². The summed E-state index contributed by atoms with van der Waals surface area (Å²) in [5.41, 5.74) is 0.933. The molecule has 1 unspecified atom stereocenters. The fourth-order valence-corrected chi connectivity index (χ4v) is 5.18. The fraction of sp³-hybridized carbons (Fsp3) is 0.250. The van der Waals surface area contributed by atoms with Crippen LogP contribution in [0.15, 0.2) is 48.5 Å². The first kappa shape index (κ1) is 20.8. The Balaban J connectivity index is 1.87. The Morgan fingerprint density at radius 3 is 2.50 bits per heavy atom. The lowest BCUT2D eigenvalue weighted by Gasteiger charge is -2.28. The van der Waals surface area contributed by atoms with Crippen molar-refractivity contribution in [1.82, 2.24) is 4.90 Å². The highest BCUT2D eigenvalue weighted by atomic mass is 35.5. The molecule has 1 aliphatic heterocycles. The van der Waals surface area contributed by atoms with Crippen molar-refractivity contribution < 1.29 is 17.6 Å². The largest absolute Gasteiger partial charge is 0.331 e. The van der Waals surface area contributed by atoms with E-state index in [0.29, 0.717) is 11.4 Å². The van der Waals surface area contributed by atoms with Gasteiger partial charge in [-0.05, 0) is 42.3 Å². The molecule has 1 saturated heterocycles. The summed E-state index contributed by atoms with van der Waals surface area (Å²) in [6, 6.07) is 10.7. The lowest BCUT2D eigenvalue weighted by atomic mass is 10.1. The van der Waals surface area contributed by atoms with Gasteiger partial charge in [0.25, 0.3) is 0 Å². The van der Waals surface area contributed by atoms with Gasteiger partial charge in [-0.3, -0.25) is 4.79 Å². The van der Waals surface area contributed by atoms with Crippen LogP contribution in [0.1, 0.15) is 17.5 Å². The quantitative estimate of drug-likeness (QED) is 0.647. The summed E-state index contributed by atoms with van der Waals surface area (Å²) in [6.45, 7) is -0.102. The van der Waals surface area contributed by atoms with Gasteiger partial charge in [0.2, 0.25) is 5.91 Å². The van der Waals surface area contributed by atoms with E-state index in [4.69, 9.17) is 23.2 Å². The van der Waals surface area contributed by atoms with E-state index in [9.17, 15) is 17.6 Å². The normalized spacial score (nSPS) is 18.5. The van der Waals surface area contributed by atoms with Crippen LogP contribution in [0.5, 0.6) is 0 Å². The molecule has 28 heavy (non-hydrogen) atoms. The predicted molar refractivity (Wildman–Crippen MR) is 110 cm³/mol. The van der Waals surface area contributed by atoms with E-state index >= 15 is 0 Å². The minimum Gasteiger partial charge on any atom is -0.331 e. The highest BCUT2D eigenvalue weighted by molar-refractivity contribution is 7.91. The third-order valence-corrected chi connectivity index (χ3v) is 6.97. The molecule has 0 aliphatic carbocycles. The minimum atomic E-state index is -3.22. The highest BCUT2D eigenvalue weighted by Crippen LogP contribution is 2.25. The summed E-state index contributed by atoms with van der Waals surface area (Å²) < 4.78 is 38.0. The molecular formula is C20H18Cl2FNO3S. The molecule has 148 valence electrons. The van der Waals surface area contributed by atoms with Gasteiger partial charge in [0.15, 0.2) is 9.84 Å². The van der Waals surface area contributed by atoms with Gasteiger partial charge in [-0.25, -0.2) is 12.8 Å². The van der Waals surface area contributed by atoms with Crippen molar-refractivity contribution in [3.05, 3.63) is 75.5 Å². The molecule has 4 nitrogen and oxygen atoms in total. The second-order valence-corrected chi connectivity index (χ2v) is 9.68. The van der Waals surface area contributed by atoms with Crippen molar-refractivity contribution in [3.8, 4) is 0 Å². The van der Waals surface area contributed by atoms with Crippen LogP contribution in [0, 0.1) is 5.82 Å². The van der Waals surface area contributed by atoms with Crippen LogP contribution < -0.4 is 0 Å². The maximum absolute atomic E-state index is 14.2. The summed E-state index contributed by atoms with van der Waals surface area (Å²) in [5, 5.41) is 0.774. The van der Waals surface area contributed by atoms with Crippen LogP contribution in [0.4, 0.5) is 4.39 Å². The molecule has 2 aromatic rings. The molecule has 2 aromatic carbocycles. The smallest absolute Gasteiger partial charge is 0.247 e. The molecule has 1 atom stereocenters.